The number of nitrogens with one attached hydrogen (secondary N) is 2. The van der Waals surface area contributed by atoms with E-state index in [1.807, 2.05) is 24.3 Å². The number of aromatic amines is 1. The molecule has 0 fully saturated rings. The Balaban J connectivity index is 1.59. The van der Waals surface area contributed by atoms with Crippen molar-refractivity contribution in [3.63, 3.8) is 0 Å². The van der Waals surface area contributed by atoms with Gasteiger partial charge in [0.05, 0.1) is 23.0 Å². The van der Waals surface area contributed by atoms with Crippen molar-refractivity contribution < 1.29 is 14.5 Å². The zero-order chi connectivity index (χ0) is 18.5. The molecule has 10 nitrogen and oxygen atoms in total. The lowest BCUT2D eigenvalue weighted by atomic mass is 10.2. The van der Waals surface area contributed by atoms with Crippen molar-refractivity contribution >= 4 is 17.3 Å². The van der Waals surface area contributed by atoms with Gasteiger partial charge in [0.2, 0.25) is 5.69 Å². The number of carbonyl (C=O) groups excluding carboxylic acids is 1. The quantitative estimate of drug-likeness (QED) is 0.494. The Morgan fingerprint density at radius 3 is 2.81 bits per heavy atom. The maximum atomic E-state index is 12.1. The van der Waals surface area contributed by atoms with E-state index in [1.165, 1.54) is 16.4 Å². The highest BCUT2D eigenvalue weighted by Crippen LogP contribution is 2.17. The molecule has 1 aromatic carbocycles. The second-order valence-corrected chi connectivity index (χ2v) is 5.38. The summed E-state index contributed by atoms with van der Waals surface area (Å²) in [5.74, 6) is 0.0289. The van der Waals surface area contributed by atoms with Crippen LogP contribution in [0.25, 0.3) is 0 Å². The fourth-order valence-electron chi connectivity index (χ4n) is 2.24. The maximum absolute atomic E-state index is 12.1. The van der Waals surface area contributed by atoms with Crippen molar-refractivity contribution in [2.75, 3.05) is 5.32 Å². The van der Waals surface area contributed by atoms with E-state index in [2.05, 4.69) is 27.5 Å². The van der Waals surface area contributed by atoms with Crippen LogP contribution in [-0.2, 0) is 13.2 Å². The first-order valence-corrected chi connectivity index (χ1v) is 7.80. The number of hydrogen-bond donors (Lipinski definition) is 2. The summed E-state index contributed by atoms with van der Waals surface area (Å²) in [6, 6.07) is 7.73. The monoisotopic (exact) mass is 356 g/mol. The average Bonchev–Trinajstić information content (AvgIpc) is 3.30. The summed E-state index contributed by atoms with van der Waals surface area (Å²) >= 11 is 0. The van der Waals surface area contributed by atoms with Crippen molar-refractivity contribution in [1.29, 1.82) is 0 Å². The predicted molar refractivity (Wildman–Crippen MR) is 91.9 cm³/mol. The summed E-state index contributed by atoms with van der Waals surface area (Å²) < 4.78 is 7.11. The van der Waals surface area contributed by atoms with Gasteiger partial charge in [-0.2, -0.15) is 10.2 Å². The van der Waals surface area contributed by atoms with Crippen LogP contribution < -0.4 is 10.1 Å². The van der Waals surface area contributed by atoms with Crippen LogP contribution in [0.5, 0.6) is 5.75 Å². The van der Waals surface area contributed by atoms with Crippen LogP contribution in [0.3, 0.4) is 0 Å². The number of anilines is 1. The first-order chi connectivity index (χ1) is 12.6. The summed E-state index contributed by atoms with van der Waals surface area (Å²) in [5.41, 5.74) is 0.974. The maximum Gasteiger partial charge on any atom is 0.319 e. The molecule has 26 heavy (non-hydrogen) atoms. The standard InChI is InChI=1S/C16H16N6O4/c1-2-11-3-5-13(6-4-11)26-10-21-9-12(7-18-21)19-16(23)15-14(22(24)25)8-17-20-15/h3-9H,2,10H2,1H3,(H,17,20)(H,19,23). The SMILES string of the molecule is CCc1ccc(OCn2cc(NC(=O)c3[nH]ncc3[N+](=O)[O-])cn2)cc1. The van der Waals surface area contributed by atoms with Crippen LogP contribution >= 0.6 is 0 Å². The molecular formula is C16H16N6O4. The second kappa shape index (κ2) is 7.47. The molecule has 0 unspecified atom stereocenters. The molecular weight excluding hydrogens is 340 g/mol. The van der Waals surface area contributed by atoms with Crippen molar-refractivity contribution in [2.45, 2.75) is 20.1 Å². The third kappa shape index (κ3) is 3.86. The van der Waals surface area contributed by atoms with Crippen LogP contribution in [0.15, 0.2) is 42.9 Å². The van der Waals surface area contributed by atoms with Gasteiger partial charge in [0, 0.05) is 0 Å². The Bertz CT molecular complexity index is 915. The Morgan fingerprint density at radius 1 is 1.35 bits per heavy atom. The summed E-state index contributed by atoms with van der Waals surface area (Å²) in [6.07, 6.45) is 4.91. The van der Waals surface area contributed by atoms with E-state index in [9.17, 15) is 14.9 Å². The fourth-order valence-corrected chi connectivity index (χ4v) is 2.24. The number of hydrogen-bond acceptors (Lipinski definition) is 6. The van der Waals surface area contributed by atoms with Crippen molar-refractivity contribution in [2.24, 2.45) is 0 Å². The average molecular weight is 356 g/mol. The Morgan fingerprint density at radius 2 is 2.12 bits per heavy atom. The molecule has 0 atom stereocenters. The zero-order valence-corrected chi connectivity index (χ0v) is 13.9. The minimum atomic E-state index is -0.681. The summed E-state index contributed by atoms with van der Waals surface area (Å²) in [6.45, 7) is 2.23. The molecule has 3 aromatic rings. The van der Waals surface area contributed by atoms with Gasteiger partial charge in [0.1, 0.15) is 11.9 Å². The molecule has 0 spiro atoms. The van der Waals surface area contributed by atoms with Crippen molar-refractivity contribution in [3.8, 4) is 5.75 Å². The topological polar surface area (TPSA) is 128 Å². The number of benzene rings is 1. The molecule has 0 radical (unpaired) electrons. The van der Waals surface area contributed by atoms with E-state index in [0.717, 1.165) is 12.6 Å². The first kappa shape index (κ1) is 17.1. The number of nitrogens with zero attached hydrogens (tertiary/aromatic N) is 4. The Labute approximate surface area is 147 Å². The molecule has 0 saturated heterocycles. The number of rotatable bonds is 7. The predicted octanol–water partition coefficient (Wildman–Crippen LogP) is 2.37. The van der Waals surface area contributed by atoms with Gasteiger partial charge in [-0.3, -0.25) is 20.0 Å². The number of ether oxygens (including phenoxy) is 1. The highest BCUT2D eigenvalue weighted by molar-refractivity contribution is 6.05. The van der Waals surface area contributed by atoms with E-state index in [0.29, 0.717) is 11.4 Å². The molecule has 134 valence electrons. The van der Waals surface area contributed by atoms with Gasteiger partial charge in [0.25, 0.3) is 5.91 Å². The molecule has 2 aromatic heterocycles. The van der Waals surface area contributed by atoms with Gasteiger partial charge in [-0.1, -0.05) is 19.1 Å². The number of carbonyl (C=O) groups is 1. The van der Waals surface area contributed by atoms with Gasteiger partial charge >= 0.3 is 5.69 Å². The summed E-state index contributed by atoms with van der Waals surface area (Å²) in [7, 11) is 0. The number of amides is 1. The normalized spacial score (nSPS) is 10.5. The molecule has 2 N–H and O–H groups in total. The number of nitro groups is 1. The van der Waals surface area contributed by atoms with E-state index < -0.39 is 16.5 Å². The molecule has 3 rings (SSSR count). The molecule has 0 aliphatic heterocycles. The first-order valence-electron chi connectivity index (χ1n) is 7.80. The van der Waals surface area contributed by atoms with Crippen LogP contribution in [0.2, 0.25) is 0 Å². The molecule has 0 saturated carbocycles. The van der Waals surface area contributed by atoms with Gasteiger partial charge in [-0.25, -0.2) is 4.68 Å². The highest BCUT2D eigenvalue weighted by Gasteiger charge is 2.23. The van der Waals surface area contributed by atoms with Gasteiger partial charge in [0.15, 0.2) is 6.73 Å². The second-order valence-electron chi connectivity index (χ2n) is 5.38. The van der Waals surface area contributed by atoms with Crippen LogP contribution in [0, 0.1) is 10.1 Å². The number of H-pyrrole nitrogens is 1. The highest BCUT2D eigenvalue weighted by atomic mass is 16.6. The minimum Gasteiger partial charge on any atom is -0.471 e. The molecule has 10 heteroatoms. The lowest BCUT2D eigenvalue weighted by Gasteiger charge is -2.06. The lowest BCUT2D eigenvalue weighted by molar-refractivity contribution is -0.385. The fraction of sp³-hybridized carbons (Fsp3) is 0.188. The summed E-state index contributed by atoms with van der Waals surface area (Å²) in [5, 5.41) is 23.3. The number of aromatic nitrogens is 4. The van der Waals surface area contributed by atoms with Gasteiger partial charge in [-0.05, 0) is 24.1 Å². The van der Waals surface area contributed by atoms with Crippen LogP contribution in [-0.4, -0.2) is 30.8 Å². The van der Waals surface area contributed by atoms with Crippen LogP contribution in [0.1, 0.15) is 23.0 Å². The van der Waals surface area contributed by atoms with Gasteiger partial charge in [-0.15, -0.1) is 0 Å². The minimum absolute atomic E-state index is 0.158. The molecule has 0 bridgehead atoms. The molecule has 0 aliphatic rings. The molecule has 1 amide bonds. The third-order valence-corrected chi connectivity index (χ3v) is 3.63. The lowest BCUT2D eigenvalue weighted by Crippen LogP contribution is -2.13. The Hall–Kier alpha value is -3.69. The van der Waals surface area contributed by atoms with E-state index in [1.54, 1.807) is 6.20 Å². The molecule has 0 aliphatic carbocycles. The van der Waals surface area contributed by atoms with E-state index in [4.69, 9.17) is 4.74 Å². The zero-order valence-electron chi connectivity index (χ0n) is 13.9. The third-order valence-electron chi connectivity index (χ3n) is 3.63. The Kier molecular flexibility index (Phi) is 4.92. The molecule has 2 heterocycles. The van der Waals surface area contributed by atoms with Crippen molar-refractivity contribution in [3.05, 3.63) is 64.2 Å². The largest absolute Gasteiger partial charge is 0.471 e. The van der Waals surface area contributed by atoms with E-state index in [-0.39, 0.29) is 12.4 Å². The smallest absolute Gasteiger partial charge is 0.319 e. The van der Waals surface area contributed by atoms with Crippen molar-refractivity contribution in [1.82, 2.24) is 20.0 Å². The van der Waals surface area contributed by atoms with E-state index >= 15 is 0 Å². The number of aryl methyl sites for hydroxylation is 1. The van der Waals surface area contributed by atoms with Crippen LogP contribution in [0.4, 0.5) is 11.4 Å². The summed E-state index contributed by atoms with van der Waals surface area (Å²) in [4.78, 5) is 22.2. The van der Waals surface area contributed by atoms with Gasteiger partial charge < -0.3 is 10.1 Å².